The van der Waals surface area contributed by atoms with Crippen molar-refractivity contribution in [2.75, 3.05) is 13.1 Å². The average molecular weight is 224 g/mol. The molecule has 92 valence electrons. The SMILES string of the molecule is CCCC1(C(=O)N2CCC(N)C(C)C2)CC1. The number of carbonyl (C=O) groups is 1. The molecule has 0 aromatic heterocycles. The molecule has 0 bridgehead atoms. The van der Waals surface area contributed by atoms with Gasteiger partial charge in [-0.3, -0.25) is 4.79 Å². The summed E-state index contributed by atoms with van der Waals surface area (Å²) in [7, 11) is 0. The Kier molecular flexibility index (Phi) is 3.24. The minimum atomic E-state index is 0.0376. The zero-order chi connectivity index (χ0) is 11.8. The lowest BCUT2D eigenvalue weighted by atomic mass is 9.92. The van der Waals surface area contributed by atoms with E-state index in [4.69, 9.17) is 5.73 Å². The molecule has 0 spiro atoms. The van der Waals surface area contributed by atoms with Gasteiger partial charge < -0.3 is 10.6 Å². The van der Waals surface area contributed by atoms with Crippen LogP contribution in [0.25, 0.3) is 0 Å². The monoisotopic (exact) mass is 224 g/mol. The first-order valence-electron chi connectivity index (χ1n) is 6.64. The number of nitrogens with two attached hydrogens (primary N) is 1. The molecule has 2 N–H and O–H groups in total. The van der Waals surface area contributed by atoms with Crippen LogP contribution in [0.15, 0.2) is 0 Å². The third-order valence-corrected chi connectivity index (χ3v) is 4.29. The van der Waals surface area contributed by atoms with Crippen LogP contribution in [0.5, 0.6) is 0 Å². The highest BCUT2D eigenvalue weighted by molar-refractivity contribution is 5.85. The minimum Gasteiger partial charge on any atom is -0.342 e. The second-order valence-corrected chi connectivity index (χ2v) is 5.71. The maximum Gasteiger partial charge on any atom is 0.228 e. The summed E-state index contributed by atoms with van der Waals surface area (Å²) in [6, 6.07) is 0.283. The van der Waals surface area contributed by atoms with Crippen molar-refractivity contribution in [1.29, 1.82) is 0 Å². The molecule has 0 aromatic carbocycles. The molecular weight excluding hydrogens is 200 g/mol. The molecule has 0 aromatic rings. The van der Waals surface area contributed by atoms with Crippen LogP contribution in [0.2, 0.25) is 0 Å². The van der Waals surface area contributed by atoms with Gasteiger partial charge in [-0.15, -0.1) is 0 Å². The van der Waals surface area contributed by atoms with Gasteiger partial charge in [-0.1, -0.05) is 20.3 Å². The van der Waals surface area contributed by atoms with E-state index in [-0.39, 0.29) is 11.5 Å². The highest BCUT2D eigenvalue weighted by Crippen LogP contribution is 2.51. The van der Waals surface area contributed by atoms with E-state index >= 15 is 0 Å². The number of hydrogen-bond donors (Lipinski definition) is 1. The van der Waals surface area contributed by atoms with E-state index in [1.54, 1.807) is 0 Å². The maximum atomic E-state index is 12.4. The topological polar surface area (TPSA) is 46.3 Å². The quantitative estimate of drug-likeness (QED) is 0.794. The number of rotatable bonds is 3. The van der Waals surface area contributed by atoms with E-state index < -0.39 is 0 Å². The van der Waals surface area contributed by atoms with E-state index in [2.05, 4.69) is 18.7 Å². The average Bonchev–Trinajstić information content (AvgIpc) is 3.03. The number of amides is 1. The molecule has 1 saturated heterocycles. The van der Waals surface area contributed by atoms with E-state index in [1.807, 2.05) is 0 Å². The zero-order valence-electron chi connectivity index (χ0n) is 10.5. The number of carbonyl (C=O) groups excluding carboxylic acids is 1. The van der Waals surface area contributed by atoms with Gasteiger partial charge in [-0.25, -0.2) is 0 Å². The zero-order valence-corrected chi connectivity index (χ0v) is 10.5. The molecule has 1 aliphatic heterocycles. The van der Waals surface area contributed by atoms with Gasteiger partial charge in [0, 0.05) is 24.5 Å². The summed E-state index contributed by atoms with van der Waals surface area (Å²) in [4.78, 5) is 14.5. The van der Waals surface area contributed by atoms with Gasteiger partial charge in [-0.05, 0) is 31.6 Å². The first-order chi connectivity index (χ1) is 7.59. The van der Waals surface area contributed by atoms with Gasteiger partial charge in [-0.2, -0.15) is 0 Å². The lowest BCUT2D eigenvalue weighted by Gasteiger charge is -2.37. The fourth-order valence-electron chi connectivity index (χ4n) is 2.88. The second-order valence-electron chi connectivity index (χ2n) is 5.71. The molecule has 1 amide bonds. The highest BCUT2D eigenvalue weighted by Gasteiger charge is 2.51. The summed E-state index contributed by atoms with van der Waals surface area (Å²) < 4.78 is 0. The Labute approximate surface area is 98.4 Å². The molecule has 1 heterocycles. The first-order valence-corrected chi connectivity index (χ1v) is 6.64. The second kappa shape index (κ2) is 4.36. The maximum absolute atomic E-state index is 12.4. The Morgan fingerprint density at radius 3 is 2.69 bits per heavy atom. The van der Waals surface area contributed by atoms with Crippen molar-refractivity contribution in [2.45, 2.75) is 52.0 Å². The molecule has 2 aliphatic rings. The van der Waals surface area contributed by atoms with Gasteiger partial charge in [0.25, 0.3) is 0 Å². The minimum absolute atomic E-state index is 0.0376. The van der Waals surface area contributed by atoms with Crippen LogP contribution in [0.4, 0.5) is 0 Å². The summed E-state index contributed by atoms with van der Waals surface area (Å²) in [6.07, 6.45) is 5.37. The Morgan fingerprint density at radius 1 is 1.50 bits per heavy atom. The number of nitrogens with zero attached hydrogens (tertiary/aromatic N) is 1. The molecule has 3 nitrogen and oxygen atoms in total. The van der Waals surface area contributed by atoms with Crippen LogP contribution < -0.4 is 5.73 Å². The summed E-state index contributed by atoms with van der Waals surface area (Å²) in [6.45, 7) is 6.06. The summed E-state index contributed by atoms with van der Waals surface area (Å²) in [5, 5.41) is 0. The normalized spacial score (nSPS) is 32.6. The van der Waals surface area contributed by atoms with Crippen molar-refractivity contribution in [3.63, 3.8) is 0 Å². The highest BCUT2D eigenvalue weighted by atomic mass is 16.2. The van der Waals surface area contributed by atoms with Gasteiger partial charge in [0.2, 0.25) is 5.91 Å². The molecule has 2 rings (SSSR count). The molecule has 16 heavy (non-hydrogen) atoms. The molecule has 2 unspecified atom stereocenters. The first kappa shape index (κ1) is 11.9. The Bertz CT molecular complexity index is 273. The Morgan fingerprint density at radius 2 is 2.19 bits per heavy atom. The van der Waals surface area contributed by atoms with Crippen molar-refractivity contribution in [2.24, 2.45) is 17.1 Å². The third kappa shape index (κ3) is 2.10. The standard InChI is InChI=1S/C13H24N2O/c1-3-5-13(6-7-13)12(16)15-8-4-11(14)10(2)9-15/h10-11H,3-9,14H2,1-2H3. The van der Waals surface area contributed by atoms with Crippen LogP contribution in [-0.2, 0) is 4.79 Å². The summed E-state index contributed by atoms with van der Waals surface area (Å²) in [5.41, 5.74) is 6.02. The van der Waals surface area contributed by atoms with Crippen LogP contribution in [-0.4, -0.2) is 29.9 Å². The van der Waals surface area contributed by atoms with Gasteiger partial charge in [0.05, 0.1) is 0 Å². The summed E-state index contributed by atoms with van der Waals surface area (Å²) in [5.74, 6) is 0.864. The fourth-order valence-corrected chi connectivity index (χ4v) is 2.88. The molecular formula is C13H24N2O. The van der Waals surface area contributed by atoms with Gasteiger partial charge in [0.15, 0.2) is 0 Å². The lowest BCUT2D eigenvalue weighted by molar-refractivity contribution is -0.139. The van der Waals surface area contributed by atoms with E-state index in [0.29, 0.717) is 11.8 Å². The van der Waals surface area contributed by atoms with Crippen molar-refractivity contribution < 1.29 is 4.79 Å². The number of hydrogen-bond acceptors (Lipinski definition) is 2. The number of likely N-dealkylation sites (tertiary alicyclic amines) is 1. The van der Waals surface area contributed by atoms with E-state index in [1.165, 1.54) is 0 Å². The molecule has 1 saturated carbocycles. The predicted octanol–water partition coefficient (Wildman–Crippen LogP) is 1.76. The predicted molar refractivity (Wildman–Crippen MR) is 64.9 cm³/mol. The summed E-state index contributed by atoms with van der Waals surface area (Å²) >= 11 is 0. The fraction of sp³-hybridized carbons (Fsp3) is 0.923. The van der Waals surface area contributed by atoms with Crippen molar-refractivity contribution in [3.05, 3.63) is 0 Å². The molecule has 2 atom stereocenters. The Hall–Kier alpha value is -0.570. The molecule has 1 aliphatic carbocycles. The van der Waals surface area contributed by atoms with Gasteiger partial charge in [0.1, 0.15) is 0 Å². The van der Waals surface area contributed by atoms with Crippen LogP contribution in [0.1, 0.15) is 46.0 Å². The van der Waals surface area contributed by atoms with E-state index in [0.717, 1.165) is 45.2 Å². The van der Waals surface area contributed by atoms with E-state index in [9.17, 15) is 4.79 Å². The molecule has 2 fully saturated rings. The van der Waals surface area contributed by atoms with Crippen LogP contribution >= 0.6 is 0 Å². The van der Waals surface area contributed by atoms with Crippen molar-refractivity contribution >= 4 is 5.91 Å². The van der Waals surface area contributed by atoms with Gasteiger partial charge >= 0.3 is 0 Å². The molecule has 0 radical (unpaired) electrons. The smallest absolute Gasteiger partial charge is 0.228 e. The van der Waals surface area contributed by atoms with Crippen LogP contribution in [0, 0.1) is 11.3 Å². The largest absolute Gasteiger partial charge is 0.342 e. The lowest BCUT2D eigenvalue weighted by Crippen LogP contribution is -2.50. The molecule has 3 heteroatoms. The third-order valence-electron chi connectivity index (χ3n) is 4.29. The van der Waals surface area contributed by atoms with Crippen molar-refractivity contribution in [1.82, 2.24) is 4.90 Å². The van der Waals surface area contributed by atoms with Crippen molar-refractivity contribution in [3.8, 4) is 0 Å². The van der Waals surface area contributed by atoms with Crippen LogP contribution in [0.3, 0.4) is 0 Å². The number of piperidine rings is 1. The Balaban J connectivity index is 1.95.